The van der Waals surface area contributed by atoms with Crippen LogP contribution in [-0.4, -0.2) is 47.1 Å². The van der Waals surface area contributed by atoms with E-state index in [1.54, 1.807) is 17.8 Å². The van der Waals surface area contributed by atoms with Gasteiger partial charge in [-0.15, -0.1) is 0 Å². The second kappa shape index (κ2) is 10.6. The minimum Gasteiger partial charge on any atom is -0.465 e. The van der Waals surface area contributed by atoms with Crippen molar-refractivity contribution in [3.63, 3.8) is 0 Å². The van der Waals surface area contributed by atoms with Crippen LogP contribution in [0.4, 0.5) is 8.78 Å². The van der Waals surface area contributed by atoms with Crippen molar-refractivity contribution < 1.29 is 31.5 Å². The van der Waals surface area contributed by atoms with Gasteiger partial charge in [-0.1, -0.05) is 0 Å². The monoisotopic (exact) mass is 584 g/mol. The Hall–Kier alpha value is -2.90. The second-order valence-electron chi connectivity index (χ2n) is 8.07. The average Bonchev–Trinajstić information content (AvgIpc) is 3.24. The molecule has 192 valence electrons. The first-order chi connectivity index (χ1) is 17.1. The summed E-state index contributed by atoms with van der Waals surface area (Å²) in [7, 11) is -2.52. The molecule has 0 radical (unpaired) electrons. The highest BCUT2D eigenvalue weighted by Crippen LogP contribution is 2.37. The lowest BCUT2D eigenvalue weighted by atomic mass is 9.93. The first-order valence-electron chi connectivity index (χ1n) is 11.1. The maximum absolute atomic E-state index is 13.9. The Balaban J connectivity index is 1.57. The van der Waals surface area contributed by atoms with Crippen LogP contribution in [0, 0.1) is 11.6 Å². The maximum Gasteiger partial charge on any atom is 0.327 e. The summed E-state index contributed by atoms with van der Waals surface area (Å²) in [6.07, 6.45) is 4.66. The Labute approximate surface area is 215 Å². The van der Waals surface area contributed by atoms with Gasteiger partial charge in [0.1, 0.15) is 17.3 Å². The highest BCUT2D eigenvalue weighted by atomic mass is 79.9. The Morgan fingerprint density at radius 1 is 1.28 bits per heavy atom. The molecule has 1 aromatic carbocycles. The summed E-state index contributed by atoms with van der Waals surface area (Å²) < 4.78 is 67.3. The molecular formula is C23H23BrF2N4O5S. The normalized spacial score (nSPS) is 15.6. The second-order valence-corrected chi connectivity index (χ2v) is 10.9. The molecule has 0 bridgehead atoms. The van der Waals surface area contributed by atoms with Crippen LogP contribution in [0.2, 0.25) is 0 Å². The predicted octanol–water partition coefficient (Wildman–Crippen LogP) is 4.37. The van der Waals surface area contributed by atoms with Crippen LogP contribution in [-0.2, 0) is 32.5 Å². The number of hydrogen-bond donors (Lipinski definition) is 0. The number of aromatic nitrogens is 3. The van der Waals surface area contributed by atoms with Crippen molar-refractivity contribution >= 4 is 31.9 Å². The highest BCUT2D eigenvalue weighted by Gasteiger charge is 2.35. The first-order valence-corrected chi connectivity index (χ1v) is 13.3. The van der Waals surface area contributed by atoms with Crippen molar-refractivity contribution in [3.8, 4) is 11.6 Å². The van der Waals surface area contributed by atoms with Gasteiger partial charge in [-0.05, 0) is 60.3 Å². The standard InChI is InChI=1S/C23H23BrF2N4O5S/c1-3-34-22(31)13-30-20-6-4-5-19(16(20)12-28-30)29(2)36(32,33)15-10-17(24)23(27-11-15)35-21-8-7-14(25)9-18(21)26/h7-12,19H,3-6,13H2,1-2H3/t19-/m1/s1. The lowest BCUT2D eigenvalue weighted by Crippen LogP contribution is -2.33. The summed E-state index contributed by atoms with van der Waals surface area (Å²) >= 11 is 3.22. The summed E-state index contributed by atoms with van der Waals surface area (Å²) in [6.45, 7) is 1.94. The van der Waals surface area contributed by atoms with Crippen LogP contribution < -0.4 is 4.74 Å². The molecule has 2 heterocycles. The number of carbonyl (C=O) groups excluding carboxylic acids is 1. The molecule has 1 aliphatic rings. The van der Waals surface area contributed by atoms with Gasteiger partial charge in [0.05, 0.1) is 29.5 Å². The zero-order valence-electron chi connectivity index (χ0n) is 19.4. The number of carbonyl (C=O) groups is 1. The number of sulfonamides is 1. The van der Waals surface area contributed by atoms with E-state index in [1.807, 2.05) is 0 Å². The number of esters is 1. The molecule has 0 amide bonds. The van der Waals surface area contributed by atoms with Crippen LogP contribution >= 0.6 is 15.9 Å². The molecule has 2 aromatic heterocycles. The molecule has 0 fully saturated rings. The highest BCUT2D eigenvalue weighted by molar-refractivity contribution is 9.10. The number of nitrogens with zero attached hydrogens (tertiary/aromatic N) is 4. The van der Waals surface area contributed by atoms with E-state index in [1.165, 1.54) is 17.4 Å². The van der Waals surface area contributed by atoms with E-state index in [0.29, 0.717) is 25.3 Å². The smallest absolute Gasteiger partial charge is 0.327 e. The van der Waals surface area contributed by atoms with Gasteiger partial charge < -0.3 is 9.47 Å². The van der Waals surface area contributed by atoms with E-state index in [2.05, 4.69) is 26.0 Å². The molecule has 36 heavy (non-hydrogen) atoms. The van der Waals surface area contributed by atoms with Crippen LogP contribution in [0.25, 0.3) is 0 Å². The molecular weight excluding hydrogens is 562 g/mol. The quantitative estimate of drug-likeness (QED) is 0.362. The number of rotatable bonds is 8. The molecule has 0 saturated carbocycles. The van der Waals surface area contributed by atoms with E-state index in [0.717, 1.165) is 29.6 Å². The van der Waals surface area contributed by atoms with Crippen LogP contribution in [0.1, 0.15) is 37.1 Å². The SMILES string of the molecule is CCOC(=O)Cn1ncc2c1CCC[C@H]2N(C)S(=O)(=O)c1cnc(Oc2ccc(F)cc2F)c(Br)c1. The lowest BCUT2D eigenvalue weighted by Gasteiger charge is -2.30. The van der Waals surface area contributed by atoms with Crippen molar-refractivity contribution in [2.75, 3.05) is 13.7 Å². The Morgan fingerprint density at radius 3 is 2.75 bits per heavy atom. The number of hydrogen-bond acceptors (Lipinski definition) is 7. The minimum absolute atomic E-state index is 0.0423. The number of fused-ring (bicyclic) bond motifs is 1. The van der Waals surface area contributed by atoms with Gasteiger partial charge >= 0.3 is 5.97 Å². The number of halogens is 3. The summed E-state index contributed by atoms with van der Waals surface area (Å²) in [5, 5.41) is 4.29. The van der Waals surface area contributed by atoms with Gasteiger partial charge in [0.15, 0.2) is 11.6 Å². The number of ether oxygens (including phenoxy) is 2. The van der Waals surface area contributed by atoms with E-state index in [9.17, 15) is 22.0 Å². The van der Waals surface area contributed by atoms with Crippen LogP contribution in [0.5, 0.6) is 11.6 Å². The Morgan fingerprint density at radius 2 is 2.06 bits per heavy atom. The maximum atomic E-state index is 13.9. The van der Waals surface area contributed by atoms with E-state index >= 15 is 0 Å². The van der Waals surface area contributed by atoms with Crippen molar-refractivity contribution in [1.82, 2.24) is 19.1 Å². The molecule has 0 saturated heterocycles. The van der Waals surface area contributed by atoms with Gasteiger partial charge in [-0.25, -0.2) is 22.2 Å². The molecule has 9 nitrogen and oxygen atoms in total. The van der Waals surface area contributed by atoms with Crippen molar-refractivity contribution in [2.45, 2.75) is 43.7 Å². The number of pyridine rings is 1. The summed E-state index contributed by atoms with van der Waals surface area (Å²) in [4.78, 5) is 15.8. The molecule has 0 unspecified atom stereocenters. The predicted molar refractivity (Wildman–Crippen MR) is 128 cm³/mol. The third-order valence-corrected chi connectivity index (χ3v) is 8.21. The fourth-order valence-electron chi connectivity index (χ4n) is 4.06. The summed E-state index contributed by atoms with van der Waals surface area (Å²) in [5.74, 6) is -2.43. The van der Waals surface area contributed by atoms with E-state index < -0.39 is 33.7 Å². The van der Waals surface area contributed by atoms with E-state index in [-0.39, 0.29) is 34.1 Å². The molecule has 1 aliphatic carbocycles. The third-order valence-electron chi connectivity index (χ3n) is 5.81. The third kappa shape index (κ3) is 5.27. The summed E-state index contributed by atoms with van der Waals surface area (Å²) in [5.41, 5.74) is 1.53. The fourth-order valence-corrected chi connectivity index (χ4v) is 5.98. The van der Waals surface area contributed by atoms with Crippen molar-refractivity contribution in [3.05, 3.63) is 64.0 Å². The van der Waals surface area contributed by atoms with Gasteiger partial charge in [-0.3, -0.25) is 9.48 Å². The molecule has 1 atom stereocenters. The average molecular weight is 585 g/mol. The van der Waals surface area contributed by atoms with Gasteiger partial charge in [-0.2, -0.15) is 9.40 Å². The van der Waals surface area contributed by atoms with Crippen molar-refractivity contribution in [2.24, 2.45) is 0 Å². The molecule has 0 aliphatic heterocycles. The van der Waals surface area contributed by atoms with Crippen LogP contribution in [0.15, 0.2) is 46.0 Å². The Kier molecular flexibility index (Phi) is 7.71. The van der Waals surface area contributed by atoms with Gasteiger partial charge in [0.25, 0.3) is 0 Å². The molecule has 0 N–H and O–H groups in total. The van der Waals surface area contributed by atoms with Crippen LogP contribution in [0.3, 0.4) is 0 Å². The minimum atomic E-state index is -4.00. The zero-order chi connectivity index (χ0) is 26.0. The zero-order valence-corrected chi connectivity index (χ0v) is 21.9. The topological polar surface area (TPSA) is 104 Å². The summed E-state index contributed by atoms with van der Waals surface area (Å²) in [6, 6.07) is 3.64. The molecule has 4 rings (SSSR count). The largest absolute Gasteiger partial charge is 0.465 e. The lowest BCUT2D eigenvalue weighted by molar-refractivity contribution is -0.144. The molecule has 3 aromatic rings. The van der Waals surface area contributed by atoms with Gasteiger partial charge in [0.2, 0.25) is 15.9 Å². The molecule has 13 heteroatoms. The van der Waals surface area contributed by atoms with E-state index in [4.69, 9.17) is 9.47 Å². The first kappa shape index (κ1) is 26.2. The fraction of sp³-hybridized carbons (Fsp3) is 0.348. The Bertz CT molecular complexity index is 1400. The van der Waals surface area contributed by atoms with Crippen molar-refractivity contribution in [1.29, 1.82) is 0 Å². The number of benzene rings is 1. The van der Waals surface area contributed by atoms with Gasteiger partial charge in [0, 0.05) is 24.4 Å². The molecule has 0 spiro atoms.